The van der Waals surface area contributed by atoms with Gasteiger partial charge in [0.05, 0.1) is 19.8 Å². The third kappa shape index (κ3) is 23.8. The minimum Gasteiger partial charge on any atom is -0.508 e. The summed E-state index contributed by atoms with van der Waals surface area (Å²) in [5.74, 6) is 8.89. The molecule has 1 unspecified atom stereocenters. The quantitative estimate of drug-likeness (QED) is 0.0214. The minimum absolute atomic E-state index is 0.102. The van der Waals surface area contributed by atoms with Crippen LogP contribution < -0.4 is 18.9 Å². The van der Waals surface area contributed by atoms with E-state index in [9.17, 15) is 44.7 Å². The second kappa shape index (κ2) is 44.2. The monoisotopic (exact) mass is 1690 g/mol. The average Bonchev–Trinajstić information content (AvgIpc) is 0.764. The number of rotatable bonds is 22. The van der Waals surface area contributed by atoms with Crippen molar-refractivity contribution in [2.45, 2.75) is 348 Å². The van der Waals surface area contributed by atoms with Crippen molar-refractivity contribution in [2.24, 2.45) is 41.4 Å². The molecular weight excluding hydrogens is 1540 g/mol. The number of hydrogen-bond donors (Lipinski definition) is 5. The molecule has 3 heterocycles. The fraction of sp³-hybridized carbons (Fsp3) is 0.593. The zero-order chi connectivity index (χ0) is 90.4. The topological polar surface area (TPSA) is 225 Å². The van der Waals surface area contributed by atoms with Gasteiger partial charge in [-0.25, -0.2) is 0 Å². The number of benzene rings is 4. The number of aliphatic hydroxyl groups excluding tert-OH is 2. The van der Waals surface area contributed by atoms with Crippen LogP contribution in [0.5, 0.6) is 40.2 Å². The van der Waals surface area contributed by atoms with Crippen molar-refractivity contribution in [2.75, 3.05) is 26.4 Å². The number of allylic oxidation sites excluding steroid dienone is 14. The Labute approximate surface area is 738 Å². The highest BCUT2D eigenvalue weighted by Crippen LogP contribution is 2.59. The number of carbonyl (C=O) groups is 4. The molecular formula is C108H152O15. The highest BCUT2D eigenvalue weighted by atomic mass is 16.6. The number of hydrogen-bond acceptors (Lipinski definition) is 15. The van der Waals surface area contributed by atoms with Crippen LogP contribution in [0, 0.1) is 76.0 Å². The van der Waals surface area contributed by atoms with Crippen LogP contribution in [0.15, 0.2) is 117 Å². The molecule has 16 atom stereocenters. The van der Waals surface area contributed by atoms with Crippen LogP contribution >= 0.6 is 0 Å². The maximum atomic E-state index is 12.8. The van der Waals surface area contributed by atoms with Gasteiger partial charge in [-0.15, -0.1) is 0 Å². The Kier molecular flexibility index (Phi) is 35.3. The number of fused-ring (bicyclic) bond motifs is 2. The molecule has 5 N–H and O–H groups in total. The van der Waals surface area contributed by atoms with Crippen molar-refractivity contribution in [3.05, 3.63) is 189 Å². The molecule has 0 spiro atoms. The van der Waals surface area contributed by atoms with E-state index >= 15 is 0 Å². The maximum absolute atomic E-state index is 12.8. The molecule has 13 rings (SSSR count). The summed E-state index contributed by atoms with van der Waals surface area (Å²) in [7, 11) is 0. The summed E-state index contributed by atoms with van der Waals surface area (Å²) < 4.78 is 34.7. The number of aliphatic hydroxyl groups is 2. The highest BCUT2D eigenvalue weighted by Gasteiger charge is 2.47. The predicted molar refractivity (Wildman–Crippen MR) is 497 cm³/mol. The first-order valence-corrected chi connectivity index (χ1v) is 46.5. The Balaban J connectivity index is 0.000000176. The predicted octanol–water partition coefficient (Wildman–Crippen LogP) is 26.4. The Morgan fingerprint density at radius 1 is 0.472 bits per heavy atom. The van der Waals surface area contributed by atoms with Gasteiger partial charge in [-0.05, 0) is 355 Å². The molecule has 0 bridgehead atoms. The van der Waals surface area contributed by atoms with E-state index in [1.54, 1.807) is 6.07 Å². The van der Waals surface area contributed by atoms with E-state index in [0.29, 0.717) is 94.2 Å². The molecule has 0 amide bonds. The van der Waals surface area contributed by atoms with Gasteiger partial charge in [0.25, 0.3) is 0 Å². The van der Waals surface area contributed by atoms with E-state index in [4.69, 9.17) is 28.4 Å². The zero-order valence-electron chi connectivity index (χ0n) is 79.4. The second-order valence-corrected chi connectivity index (χ2v) is 39.1. The number of ether oxygens (including phenoxy) is 6. The molecule has 0 radical (unpaired) electrons. The lowest BCUT2D eigenvalue weighted by Crippen LogP contribution is -2.38. The van der Waals surface area contributed by atoms with Crippen molar-refractivity contribution in [3.63, 3.8) is 0 Å². The first-order chi connectivity index (χ1) is 58.2. The number of phenolic OH excluding ortho intramolecular Hbond substituents is 3. The summed E-state index contributed by atoms with van der Waals surface area (Å²) in [6, 6.07) is 7.97. The Morgan fingerprint density at radius 2 is 0.911 bits per heavy atom. The van der Waals surface area contributed by atoms with Gasteiger partial charge in [0, 0.05) is 107 Å². The summed E-state index contributed by atoms with van der Waals surface area (Å²) in [6.45, 7) is 54.3. The van der Waals surface area contributed by atoms with Crippen molar-refractivity contribution < 1.29 is 73.1 Å². The lowest BCUT2D eigenvalue weighted by Gasteiger charge is -2.44. The Bertz CT molecular complexity index is 4700. The van der Waals surface area contributed by atoms with Gasteiger partial charge in [-0.2, -0.15) is 0 Å². The fourth-order valence-electron chi connectivity index (χ4n) is 21.5. The molecule has 0 saturated carbocycles. The van der Waals surface area contributed by atoms with E-state index in [0.717, 1.165) is 206 Å². The Hall–Kier alpha value is -8.40. The minimum atomic E-state index is -0.748. The van der Waals surface area contributed by atoms with Crippen LogP contribution in [-0.2, 0) is 28.7 Å². The number of Topliss-reactive ketones (excluding diaryl/α,β-unsaturated/α-hetero) is 1. The normalized spacial score (nSPS) is 24.5. The number of aromatic hydroxyl groups is 3. The second-order valence-electron chi connectivity index (χ2n) is 39.1. The lowest BCUT2D eigenvalue weighted by atomic mass is 9.65. The molecule has 1 fully saturated rings. The lowest BCUT2D eigenvalue weighted by molar-refractivity contribution is -0.142. The van der Waals surface area contributed by atoms with Gasteiger partial charge in [-0.1, -0.05) is 112 Å². The number of esters is 3. The van der Waals surface area contributed by atoms with Gasteiger partial charge in [0.2, 0.25) is 6.29 Å². The van der Waals surface area contributed by atoms with Gasteiger partial charge in [-0.3, -0.25) is 19.2 Å². The van der Waals surface area contributed by atoms with E-state index in [1.807, 2.05) is 39.8 Å². The molecule has 0 aromatic heterocycles. The first kappa shape index (κ1) is 98.4. The highest BCUT2D eigenvalue weighted by molar-refractivity contribution is 6.13. The summed E-state index contributed by atoms with van der Waals surface area (Å²) in [4.78, 5) is 48.0. The van der Waals surface area contributed by atoms with Gasteiger partial charge >= 0.3 is 17.9 Å². The standard InChI is InChI=1S/C26H36O6.C21H28O2.C21H32O2.C20H28O3.C20H28O2/c1-15(2)9-8-10-21(14-30-18(5)27)22-12-11-16(3)24-23(22)13-17(4)25(31-19(6)28)26(24)32-20(7)29;1-12(2)7-6-8-16-11-23-21-15(5)14(4)20(22)18-13(3)9-10-17(16)19(18)21;1-13(2)7-6-8-17(12-22)18-10-9-14(3)20-19(18)11-15(4)16(5)21(20)23;1-11(2)6-5-7-15-14-9-8-12(3)17-16(21)10-13(4)19(18(14)17)23-20(15)22;1-12(2)6-5-7-15-11-22-20-14(4)10-17(21)18-13(3)8-9-16(15)19(18)20/h9,13,16,21-22H,8,10-12,14H2,1-7H3;7,13,16-17H,4,6,8-11H2,1-3,5H3;7,11,14,17-18,22-23H,6,8-10,12H2,1-5H3;6,10,12,14-15,20-22H,5,7-9H2,1-4H3;6,10,13,15-16,21H,5,7-9,11H2,1-4H3/t16-,21-,22+;13-,16-,17+;14-,17-,18+;12-,14+,15+,20?;13-,15-,16+/m11111/s1. The van der Waals surface area contributed by atoms with Crippen LogP contribution in [0.2, 0.25) is 0 Å². The number of aryl methyl sites for hydroxylation is 4. The third-order valence-electron chi connectivity index (χ3n) is 28.1. The van der Waals surface area contributed by atoms with Crippen molar-refractivity contribution in [3.8, 4) is 40.2 Å². The molecule has 1 saturated heterocycles. The largest absolute Gasteiger partial charge is 0.508 e. The van der Waals surface area contributed by atoms with E-state index in [2.05, 4.69) is 161 Å². The summed E-state index contributed by atoms with van der Waals surface area (Å²) in [6.07, 6.45) is 31.6. The van der Waals surface area contributed by atoms with Gasteiger partial charge in [0.1, 0.15) is 34.5 Å². The maximum Gasteiger partial charge on any atom is 0.308 e. The zero-order valence-corrected chi connectivity index (χ0v) is 79.4. The van der Waals surface area contributed by atoms with Crippen LogP contribution in [0.4, 0.5) is 0 Å². The van der Waals surface area contributed by atoms with Crippen molar-refractivity contribution in [1.29, 1.82) is 0 Å². The third-order valence-corrected chi connectivity index (χ3v) is 28.1. The van der Waals surface area contributed by atoms with Crippen molar-refractivity contribution in [1.82, 2.24) is 0 Å². The molecule has 15 nitrogen and oxygen atoms in total. The summed E-state index contributed by atoms with van der Waals surface area (Å²) in [5, 5.41) is 52.0. The Morgan fingerprint density at radius 3 is 1.46 bits per heavy atom. The summed E-state index contributed by atoms with van der Waals surface area (Å²) >= 11 is 0. The molecule has 15 heteroatoms. The smallest absolute Gasteiger partial charge is 0.308 e. The molecule has 123 heavy (non-hydrogen) atoms. The molecule has 6 aliphatic carbocycles. The summed E-state index contributed by atoms with van der Waals surface area (Å²) in [5.41, 5.74) is 24.5. The molecule has 4 aromatic rings. The van der Waals surface area contributed by atoms with Gasteiger partial charge in [0.15, 0.2) is 17.3 Å². The van der Waals surface area contributed by atoms with E-state index < -0.39 is 18.2 Å². The van der Waals surface area contributed by atoms with Crippen molar-refractivity contribution >= 4 is 23.7 Å². The molecule has 9 aliphatic rings. The van der Waals surface area contributed by atoms with Gasteiger partial charge < -0.3 is 54.0 Å². The van der Waals surface area contributed by atoms with Crippen LogP contribution in [0.1, 0.15) is 380 Å². The van der Waals surface area contributed by atoms with E-state index in [1.165, 1.54) is 91.0 Å². The molecule has 4 aromatic carbocycles. The number of phenols is 3. The fourth-order valence-corrected chi connectivity index (χ4v) is 21.5. The number of carbonyl (C=O) groups excluding carboxylic acids is 4. The average molecular weight is 1690 g/mol. The molecule has 674 valence electrons. The van der Waals surface area contributed by atoms with Crippen LogP contribution in [-0.4, -0.2) is 81.9 Å². The number of ketones is 1. The van der Waals surface area contributed by atoms with Crippen LogP contribution in [0.3, 0.4) is 0 Å². The molecule has 3 aliphatic heterocycles. The SMILES string of the molecule is C=C1C(=O)C2=C3C(=C1C)OC[C@@H](CCC=C(C)C)[C@@H]3CC[C@H]2C.CC(=O)OC[C@@H](CCC=C(C)C)[C@@H]1CC[C@@H](C)c2c1cc(C)c(OC(C)=O)c2OC(C)=O.CC(C)=CCC[C@@H]1C(O)Oc2c(C)cc(O)c3c2[C@H]1CC[C@H]3C.CC(C)=CCC[C@@H]1COc2c(C)cc(O)c3c2[C@H]1CC[C@H]3C.CC(C)=CCC[C@H](CO)[C@@H]1CC[C@@H](C)c2c1cc(C)c(C)c2O. The van der Waals surface area contributed by atoms with Crippen LogP contribution in [0.25, 0.3) is 0 Å². The van der Waals surface area contributed by atoms with E-state index in [-0.39, 0.29) is 53.9 Å². The first-order valence-electron chi connectivity index (χ1n) is 46.5.